The summed E-state index contributed by atoms with van der Waals surface area (Å²) in [5.41, 5.74) is 0. The van der Waals surface area contributed by atoms with Gasteiger partial charge in [-0.15, -0.1) is 0 Å². The van der Waals surface area contributed by atoms with Crippen molar-refractivity contribution >= 4 is 69.5 Å². The first-order chi connectivity index (χ1) is 0. The standard InChI is InChI=1S/Cu.Ga.In.6O.Sn/q+2;2*+3;6*-2;+4. The fourth-order valence-corrected chi connectivity index (χ4v) is 0. The molecule has 1 radical (unpaired) electrons. The van der Waals surface area contributed by atoms with Gasteiger partial charge in [-0.05, 0) is 0 Å². The third-order valence-electron chi connectivity index (χ3n) is 0. The van der Waals surface area contributed by atoms with Crippen LogP contribution >= 0.6 is 0 Å². The van der Waals surface area contributed by atoms with Crippen molar-refractivity contribution in [3.8, 4) is 0 Å². The van der Waals surface area contributed by atoms with Crippen molar-refractivity contribution in [1.29, 1.82) is 0 Å². The molecule has 0 atom stereocenters. The van der Waals surface area contributed by atoms with Crippen molar-refractivity contribution in [1.82, 2.24) is 0 Å². The van der Waals surface area contributed by atoms with E-state index >= 15 is 0 Å². The molecule has 0 aliphatic rings. The van der Waals surface area contributed by atoms with Crippen LogP contribution in [0.3, 0.4) is 0 Å². The van der Waals surface area contributed by atoms with Crippen molar-refractivity contribution in [2.75, 3.05) is 0 Å². The summed E-state index contributed by atoms with van der Waals surface area (Å²) in [4.78, 5) is 0. The van der Waals surface area contributed by atoms with Crippen LogP contribution in [0, 0.1) is 0 Å². The zero-order valence-electron chi connectivity index (χ0n) is 4.41. The van der Waals surface area contributed by atoms with E-state index in [0.29, 0.717) is 0 Å². The van der Waals surface area contributed by atoms with E-state index in [2.05, 4.69) is 0 Å². The maximum Gasteiger partial charge on any atom is 4.00 e. The quantitative estimate of drug-likeness (QED) is 0.368. The van der Waals surface area contributed by atoms with E-state index in [0.717, 1.165) is 0 Å². The maximum absolute atomic E-state index is 0. The predicted molar refractivity (Wildman–Crippen MR) is 21.4 cm³/mol. The number of hydrogen-bond acceptors (Lipinski definition) is 0. The Labute approximate surface area is 118 Å². The van der Waals surface area contributed by atoms with Crippen molar-refractivity contribution < 1.29 is 49.9 Å². The van der Waals surface area contributed by atoms with Crippen LogP contribution in [0.2, 0.25) is 0 Å². The Morgan fingerprint density at radius 3 is 0.500 bits per heavy atom. The first-order valence-electron chi connectivity index (χ1n) is 0. The zero-order valence-corrected chi connectivity index (χ0v) is 13.9. The second kappa shape index (κ2) is 194. The molecule has 0 bridgehead atoms. The van der Waals surface area contributed by atoms with Gasteiger partial charge in [-0.2, -0.15) is 0 Å². The number of rotatable bonds is 0. The predicted octanol–water partition coefficient (Wildman–Crippen LogP) is -1.86. The van der Waals surface area contributed by atoms with E-state index in [9.17, 15) is 0 Å². The minimum atomic E-state index is 0. The molecule has 10 heteroatoms. The molecule has 0 aromatic heterocycles. The summed E-state index contributed by atoms with van der Waals surface area (Å²) in [7, 11) is 0. The monoisotopic (exact) mass is 463 g/mol. The van der Waals surface area contributed by atoms with E-state index in [1.165, 1.54) is 0 Å². The van der Waals surface area contributed by atoms with Crippen LogP contribution in [0.4, 0.5) is 0 Å². The van der Waals surface area contributed by atoms with Gasteiger partial charge in [-0.3, -0.25) is 0 Å². The van der Waals surface area contributed by atoms with Gasteiger partial charge in [-0.25, -0.2) is 0 Å². The van der Waals surface area contributed by atoms with Crippen LogP contribution in [0.1, 0.15) is 0 Å². The summed E-state index contributed by atoms with van der Waals surface area (Å²) >= 11 is 0. The summed E-state index contributed by atoms with van der Waals surface area (Å²) in [6.45, 7) is 0. The molecule has 0 amide bonds. The SMILES string of the molecule is [Cu+2].[Ga+3].[In+3].[O-2].[O-2].[O-2].[O-2].[O-2].[O-2].[Sn+4]. The van der Waals surface area contributed by atoms with Crippen LogP contribution in [-0.2, 0) is 49.9 Å². The topological polar surface area (TPSA) is 171 Å². The summed E-state index contributed by atoms with van der Waals surface area (Å²) in [5, 5.41) is 0. The molecule has 0 spiro atoms. The van der Waals surface area contributed by atoms with Crippen LogP contribution in [-0.4, -0.2) is 69.5 Å². The second-order valence-electron chi connectivity index (χ2n) is 0. The van der Waals surface area contributed by atoms with E-state index in [-0.39, 0.29) is 119 Å². The van der Waals surface area contributed by atoms with Gasteiger partial charge in [-0.1, -0.05) is 0 Å². The zero-order chi connectivity index (χ0) is 0. The molecular weight excluding hydrogens is 463 g/mol. The van der Waals surface area contributed by atoms with Crippen molar-refractivity contribution in [3.63, 3.8) is 0 Å². The van der Waals surface area contributed by atoms with Crippen LogP contribution in [0.25, 0.3) is 0 Å². The third kappa shape index (κ3) is 146. The van der Waals surface area contributed by atoms with Crippen LogP contribution in [0.5, 0.6) is 0 Å². The van der Waals surface area contributed by atoms with Gasteiger partial charge in [0, 0.05) is 0 Å². The third-order valence-corrected chi connectivity index (χ3v) is 0. The molecule has 0 aliphatic heterocycles. The fraction of sp³-hybridized carbons (Fsp3) is 0. The maximum atomic E-state index is 0. The van der Waals surface area contributed by atoms with Gasteiger partial charge in [0.1, 0.15) is 0 Å². The Bertz CT molecular complexity index is 17.7. The Morgan fingerprint density at radius 2 is 0.500 bits per heavy atom. The van der Waals surface area contributed by atoms with Gasteiger partial charge in [0.05, 0.1) is 0 Å². The summed E-state index contributed by atoms with van der Waals surface area (Å²) in [6.07, 6.45) is 0. The Kier molecular flexibility index (Phi) is 4910. The molecular formula is CuGaInO6Sn. The fourth-order valence-electron chi connectivity index (χ4n) is 0. The molecule has 57 valence electrons. The Balaban J connectivity index is 0. The van der Waals surface area contributed by atoms with E-state index < -0.39 is 0 Å². The summed E-state index contributed by atoms with van der Waals surface area (Å²) in [6, 6.07) is 0. The molecule has 0 aliphatic carbocycles. The Morgan fingerprint density at radius 1 is 0.500 bits per heavy atom. The molecule has 0 unspecified atom stereocenters. The first-order valence-corrected chi connectivity index (χ1v) is 0. The van der Waals surface area contributed by atoms with E-state index in [4.69, 9.17) is 0 Å². The van der Waals surface area contributed by atoms with Crippen LogP contribution < -0.4 is 0 Å². The van der Waals surface area contributed by atoms with Crippen LogP contribution in [0.15, 0.2) is 0 Å². The van der Waals surface area contributed by atoms with E-state index in [1.54, 1.807) is 0 Å². The molecule has 10 heavy (non-hydrogen) atoms. The molecule has 6 nitrogen and oxygen atoms in total. The largest absolute Gasteiger partial charge is 4.00 e. The average molecular weight is 463 g/mol. The molecule has 0 N–H and O–H groups in total. The molecule has 0 fully saturated rings. The van der Waals surface area contributed by atoms with Gasteiger partial charge < -0.3 is 32.9 Å². The molecule has 0 saturated carbocycles. The normalized spacial score (nSPS) is 0. The van der Waals surface area contributed by atoms with Gasteiger partial charge in [0.25, 0.3) is 0 Å². The van der Waals surface area contributed by atoms with Crippen molar-refractivity contribution in [3.05, 3.63) is 0 Å². The van der Waals surface area contributed by atoms with E-state index in [1.807, 2.05) is 0 Å². The van der Waals surface area contributed by atoms with Crippen molar-refractivity contribution in [2.24, 2.45) is 0 Å². The minimum absolute atomic E-state index is 0. The molecule has 0 rings (SSSR count). The first kappa shape index (κ1) is 253. The molecule has 0 heterocycles. The van der Waals surface area contributed by atoms with Gasteiger partial charge in [0.15, 0.2) is 0 Å². The Hall–Kier alpha value is 2.58. The molecule has 0 aromatic carbocycles. The second-order valence-corrected chi connectivity index (χ2v) is 0. The van der Waals surface area contributed by atoms with Gasteiger partial charge >= 0.3 is 86.6 Å². The summed E-state index contributed by atoms with van der Waals surface area (Å²) in [5.74, 6) is 0. The molecule has 0 aromatic rings. The minimum Gasteiger partial charge on any atom is -2.00 e. The van der Waals surface area contributed by atoms with Gasteiger partial charge in [0.2, 0.25) is 0 Å². The smallest absolute Gasteiger partial charge is 2.00 e. The average Bonchev–Trinajstić information content (AvgIpc) is 0. The summed E-state index contributed by atoms with van der Waals surface area (Å²) < 4.78 is 0. The molecule has 0 saturated heterocycles. The number of hydrogen-bond donors (Lipinski definition) is 0. The van der Waals surface area contributed by atoms with Crippen molar-refractivity contribution in [2.45, 2.75) is 0 Å².